The first-order valence-corrected chi connectivity index (χ1v) is 15.4. The number of aryl methyl sites for hydroxylation is 1. The predicted octanol–water partition coefficient (Wildman–Crippen LogP) is 4.57. The van der Waals surface area contributed by atoms with E-state index in [4.69, 9.17) is 9.47 Å². The Hall–Kier alpha value is -4.76. The van der Waals surface area contributed by atoms with E-state index in [0.717, 1.165) is 41.5 Å². The third-order valence-corrected chi connectivity index (χ3v) is 8.88. The molecule has 13 nitrogen and oxygen atoms in total. The van der Waals surface area contributed by atoms with Gasteiger partial charge in [0.05, 0.1) is 36.5 Å². The van der Waals surface area contributed by atoms with Gasteiger partial charge in [0.2, 0.25) is 5.91 Å². The summed E-state index contributed by atoms with van der Waals surface area (Å²) in [5.74, 6) is -0.356. The van der Waals surface area contributed by atoms with Gasteiger partial charge in [-0.05, 0) is 62.1 Å². The highest BCUT2D eigenvalue weighted by atomic mass is 32.2. The molecule has 0 fully saturated rings. The zero-order valence-corrected chi connectivity index (χ0v) is 25.5. The van der Waals surface area contributed by atoms with E-state index < -0.39 is 10.9 Å². The van der Waals surface area contributed by atoms with Crippen LogP contribution in [-0.4, -0.2) is 56.9 Å². The third kappa shape index (κ3) is 6.73. The number of amides is 2. The number of thioether (sulfide) groups is 1. The normalized spacial score (nSPS) is 12.0. The summed E-state index contributed by atoms with van der Waals surface area (Å²) in [6, 6.07) is 12.5. The summed E-state index contributed by atoms with van der Waals surface area (Å²) in [6.45, 7) is 1.95. The van der Waals surface area contributed by atoms with E-state index in [1.165, 1.54) is 42.7 Å². The predicted molar refractivity (Wildman–Crippen MR) is 164 cm³/mol. The second-order valence-corrected chi connectivity index (χ2v) is 11.6. The minimum absolute atomic E-state index is 0.0174. The second-order valence-electron chi connectivity index (χ2n) is 9.54. The Bertz CT molecular complexity index is 1720. The van der Waals surface area contributed by atoms with Crippen LogP contribution < -0.4 is 15.4 Å². The Labute approximate surface area is 260 Å². The molecule has 0 unspecified atom stereocenters. The molecule has 0 saturated carbocycles. The summed E-state index contributed by atoms with van der Waals surface area (Å²) in [6.07, 6.45) is 2.57. The zero-order valence-electron chi connectivity index (χ0n) is 23.8. The van der Waals surface area contributed by atoms with Crippen molar-refractivity contribution in [3.8, 4) is 11.4 Å². The Morgan fingerprint density at radius 1 is 1.14 bits per heavy atom. The van der Waals surface area contributed by atoms with Crippen molar-refractivity contribution in [3.05, 3.63) is 86.0 Å². The SMILES string of the molecule is CCOC(=O)c1c(NC(=O)CSc2nnc(CNC(=O)c3cccc(OC)c3)n2-c2ccc([N+](=O)[O-])cc2)sc2c1CCC2. The average molecular weight is 637 g/mol. The van der Waals surface area contributed by atoms with E-state index >= 15 is 0 Å². The number of esters is 1. The van der Waals surface area contributed by atoms with E-state index in [9.17, 15) is 24.5 Å². The number of anilines is 1. The number of fused-ring (bicyclic) bond motifs is 1. The molecule has 0 atom stereocenters. The van der Waals surface area contributed by atoms with Gasteiger partial charge in [0, 0.05) is 28.3 Å². The highest BCUT2D eigenvalue weighted by molar-refractivity contribution is 7.99. The number of hydrogen-bond donors (Lipinski definition) is 2. The molecule has 0 spiro atoms. The number of thiophene rings is 1. The molecule has 228 valence electrons. The van der Waals surface area contributed by atoms with Gasteiger partial charge in [-0.3, -0.25) is 24.3 Å². The quantitative estimate of drug-likeness (QED) is 0.0973. The number of aromatic nitrogens is 3. The first kappa shape index (κ1) is 30.7. The molecule has 2 heterocycles. The van der Waals surface area contributed by atoms with Gasteiger partial charge < -0.3 is 20.1 Å². The minimum Gasteiger partial charge on any atom is -0.497 e. The van der Waals surface area contributed by atoms with Gasteiger partial charge in [-0.25, -0.2) is 4.79 Å². The van der Waals surface area contributed by atoms with Crippen LogP contribution in [0.2, 0.25) is 0 Å². The van der Waals surface area contributed by atoms with Gasteiger partial charge in [-0.15, -0.1) is 21.5 Å². The number of ether oxygens (including phenoxy) is 2. The molecule has 4 aromatic rings. The molecule has 0 bridgehead atoms. The minimum atomic E-state index is -0.504. The lowest BCUT2D eigenvalue weighted by molar-refractivity contribution is -0.384. The third-order valence-electron chi connectivity index (χ3n) is 6.74. The molecule has 44 heavy (non-hydrogen) atoms. The summed E-state index contributed by atoms with van der Waals surface area (Å²) in [4.78, 5) is 50.4. The number of carbonyl (C=O) groups excluding carboxylic acids is 3. The Balaban J connectivity index is 1.34. The summed E-state index contributed by atoms with van der Waals surface area (Å²) >= 11 is 2.49. The van der Waals surface area contributed by atoms with Crippen LogP contribution >= 0.6 is 23.1 Å². The molecule has 15 heteroatoms. The van der Waals surface area contributed by atoms with E-state index in [-0.39, 0.29) is 36.4 Å². The number of nitrogens with one attached hydrogen (secondary N) is 2. The van der Waals surface area contributed by atoms with Crippen molar-refractivity contribution >= 4 is 51.6 Å². The average Bonchev–Trinajstić information content (AvgIpc) is 3.73. The van der Waals surface area contributed by atoms with Crippen molar-refractivity contribution in [2.24, 2.45) is 0 Å². The number of rotatable bonds is 12. The van der Waals surface area contributed by atoms with Crippen LogP contribution in [-0.2, 0) is 28.9 Å². The molecule has 1 aliphatic rings. The van der Waals surface area contributed by atoms with Crippen molar-refractivity contribution in [3.63, 3.8) is 0 Å². The lowest BCUT2D eigenvalue weighted by atomic mass is 10.1. The molecule has 2 amide bonds. The van der Waals surface area contributed by atoms with E-state index in [2.05, 4.69) is 20.8 Å². The van der Waals surface area contributed by atoms with Crippen LogP contribution in [0.25, 0.3) is 5.69 Å². The fourth-order valence-electron chi connectivity index (χ4n) is 4.72. The van der Waals surface area contributed by atoms with Gasteiger partial charge in [-0.1, -0.05) is 17.8 Å². The first-order chi connectivity index (χ1) is 21.3. The van der Waals surface area contributed by atoms with Crippen LogP contribution in [0.1, 0.15) is 50.3 Å². The van der Waals surface area contributed by atoms with Crippen molar-refractivity contribution < 1.29 is 28.8 Å². The highest BCUT2D eigenvalue weighted by Gasteiger charge is 2.28. The number of methoxy groups -OCH3 is 1. The van der Waals surface area contributed by atoms with Crippen molar-refractivity contribution in [2.45, 2.75) is 37.9 Å². The molecule has 2 aromatic carbocycles. The summed E-state index contributed by atoms with van der Waals surface area (Å²) in [5, 5.41) is 26.1. The number of nitro groups is 1. The van der Waals surface area contributed by atoms with Crippen LogP contribution in [0.5, 0.6) is 5.75 Å². The van der Waals surface area contributed by atoms with Crippen molar-refractivity contribution in [1.29, 1.82) is 0 Å². The maximum atomic E-state index is 13.1. The topological polar surface area (TPSA) is 168 Å². The Kier molecular flexibility index (Phi) is 9.55. The smallest absolute Gasteiger partial charge is 0.341 e. The largest absolute Gasteiger partial charge is 0.497 e. The maximum absolute atomic E-state index is 13.1. The molecular formula is C29H28N6O7S2. The Morgan fingerprint density at radius 3 is 2.66 bits per heavy atom. The van der Waals surface area contributed by atoms with E-state index in [1.807, 2.05) is 0 Å². The monoisotopic (exact) mass is 636 g/mol. The van der Waals surface area contributed by atoms with Gasteiger partial charge in [0.15, 0.2) is 11.0 Å². The van der Waals surface area contributed by atoms with Crippen LogP contribution in [0.3, 0.4) is 0 Å². The lowest BCUT2D eigenvalue weighted by Gasteiger charge is -2.11. The highest BCUT2D eigenvalue weighted by Crippen LogP contribution is 2.39. The fraction of sp³-hybridized carbons (Fsp3) is 0.276. The zero-order chi connectivity index (χ0) is 31.2. The number of hydrogen-bond acceptors (Lipinski definition) is 11. The van der Waals surface area contributed by atoms with Crippen LogP contribution in [0, 0.1) is 10.1 Å². The van der Waals surface area contributed by atoms with Gasteiger partial charge in [0.1, 0.15) is 10.8 Å². The van der Waals surface area contributed by atoms with E-state index in [1.54, 1.807) is 35.8 Å². The number of nitro benzene ring substituents is 1. The van der Waals surface area contributed by atoms with Crippen molar-refractivity contribution in [2.75, 3.05) is 24.8 Å². The van der Waals surface area contributed by atoms with Gasteiger partial charge in [0.25, 0.3) is 11.6 Å². The summed E-state index contributed by atoms with van der Waals surface area (Å²) < 4.78 is 12.1. The number of carbonyl (C=O) groups is 3. The molecule has 2 N–H and O–H groups in total. The second kappa shape index (κ2) is 13.7. The van der Waals surface area contributed by atoms with E-state index in [0.29, 0.717) is 38.5 Å². The molecule has 0 saturated heterocycles. The molecular weight excluding hydrogens is 608 g/mol. The molecule has 1 aliphatic carbocycles. The number of nitrogens with zero attached hydrogens (tertiary/aromatic N) is 4. The van der Waals surface area contributed by atoms with Crippen LogP contribution in [0.4, 0.5) is 10.7 Å². The molecule has 0 aliphatic heterocycles. The fourth-order valence-corrected chi connectivity index (χ4v) is 6.79. The molecule has 0 radical (unpaired) electrons. The first-order valence-electron chi connectivity index (χ1n) is 13.6. The summed E-state index contributed by atoms with van der Waals surface area (Å²) in [7, 11) is 1.51. The van der Waals surface area contributed by atoms with Gasteiger partial charge >= 0.3 is 5.97 Å². The maximum Gasteiger partial charge on any atom is 0.341 e. The molecule has 2 aromatic heterocycles. The van der Waals surface area contributed by atoms with Gasteiger partial charge in [-0.2, -0.15) is 0 Å². The standard InChI is InChI=1S/C29H28N6O7S2/c1-3-42-28(38)25-21-8-5-9-22(21)44-27(25)31-24(36)16-43-29-33-32-23(34(29)18-10-12-19(13-11-18)35(39)40)15-30-26(37)17-6-4-7-20(14-17)41-2/h4,6-7,10-14H,3,5,8-9,15-16H2,1-2H3,(H,30,37)(H,31,36). The number of non-ortho nitro benzene ring substituents is 1. The van der Waals surface area contributed by atoms with Crippen molar-refractivity contribution in [1.82, 2.24) is 20.1 Å². The Morgan fingerprint density at radius 2 is 1.93 bits per heavy atom. The lowest BCUT2D eigenvalue weighted by Crippen LogP contribution is -2.24. The molecule has 5 rings (SSSR count). The van der Waals surface area contributed by atoms with Crippen LogP contribution in [0.15, 0.2) is 53.7 Å². The summed E-state index contributed by atoms with van der Waals surface area (Å²) in [5.41, 5.74) is 2.16. The number of benzene rings is 2.